The molecule has 0 bridgehead atoms. The number of likely N-dealkylation sites (tertiary alicyclic amines) is 1. The summed E-state index contributed by atoms with van der Waals surface area (Å²) in [4.78, 5) is 31.0. The maximum Gasteiger partial charge on any atom is 0.404 e. The molecule has 0 radical (unpaired) electrons. The molecule has 4 rings (SSSR count). The van der Waals surface area contributed by atoms with Crippen molar-refractivity contribution in [3.63, 3.8) is 0 Å². The van der Waals surface area contributed by atoms with Gasteiger partial charge in [-0.05, 0) is 71.5 Å². The van der Waals surface area contributed by atoms with Crippen molar-refractivity contribution in [3.8, 4) is 0 Å². The molecule has 1 aliphatic rings. The van der Waals surface area contributed by atoms with Crippen molar-refractivity contribution < 1.29 is 18.0 Å². The van der Waals surface area contributed by atoms with E-state index in [1.165, 1.54) is 23.7 Å². The van der Waals surface area contributed by atoms with E-state index in [2.05, 4.69) is 10.3 Å². The number of halogens is 3. The van der Waals surface area contributed by atoms with Gasteiger partial charge < -0.3 is 14.9 Å². The number of nitrogens with one attached hydrogen (secondary N) is 2. The van der Waals surface area contributed by atoms with Gasteiger partial charge in [-0.1, -0.05) is 18.2 Å². The number of nitrogens with zero attached hydrogens (tertiary/aromatic N) is 2. The molecule has 0 spiro atoms. The number of carbonyl (C=O) groups is 1. The monoisotopic (exact) mass is 534 g/mol. The number of hydrogen-bond acceptors (Lipinski definition) is 4. The Labute approximate surface area is 218 Å². The van der Waals surface area contributed by atoms with Gasteiger partial charge in [0.1, 0.15) is 6.04 Å². The number of fused-ring (bicyclic) bond motifs is 1. The van der Waals surface area contributed by atoms with Crippen LogP contribution in [0, 0.1) is 19.8 Å². The van der Waals surface area contributed by atoms with Crippen molar-refractivity contribution >= 4 is 28.6 Å². The van der Waals surface area contributed by atoms with Crippen LogP contribution in [0.5, 0.6) is 0 Å². The molecule has 3 heterocycles. The third kappa shape index (κ3) is 5.31. The molecule has 2 aromatic heterocycles. The highest BCUT2D eigenvalue weighted by atomic mass is 32.2. The maximum atomic E-state index is 13.7. The lowest BCUT2D eigenvalue weighted by molar-refractivity contribution is -0.192. The number of aromatic nitrogens is 2. The molecule has 3 aromatic rings. The van der Waals surface area contributed by atoms with E-state index < -0.39 is 12.2 Å². The number of amides is 1. The van der Waals surface area contributed by atoms with Gasteiger partial charge in [-0.3, -0.25) is 14.5 Å². The Kier molecular flexibility index (Phi) is 7.80. The van der Waals surface area contributed by atoms with Crippen molar-refractivity contribution in [2.24, 2.45) is 5.92 Å². The number of para-hydroxylation sites is 1. The van der Waals surface area contributed by atoms with Crippen molar-refractivity contribution in [3.05, 3.63) is 63.2 Å². The van der Waals surface area contributed by atoms with Gasteiger partial charge >= 0.3 is 6.18 Å². The van der Waals surface area contributed by atoms with E-state index in [0.717, 1.165) is 21.5 Å². The highest BCUT2D eigenvalue weighted by Gasteiger charge is 2.46. The Hall–Kier alpha value is -2.72. The Morgan fingerprint density at radius 3 is 2.65 bits per heavy atom. The maximum absolute atomic E-state index is 13.7. The molecule has 0 unspecified atom stereocenters. The minimum absolute atomic E-state index is 0.0162. The molecule has 3 atom stereocenters. The summed E-state index contributed by atoms with van der Waals surface area (Å²) in [6.07, 6.45) is -1.74. The van der Waals surface area contributed by atoms with Crippen molar-refractivity contribution in [2.75, 3.05) is 19.8 Å². The fraction of sp³-hybridized carbons (Fsp3) is 0.481. The molecule has 0 aliphatic carbocycles. The molecular weight excluding hydrogens is 501 g/mol. The number of benzene rings is 1. The van der Waals surface area contributed by atoms with Crippen LogP contribution >= 0.6 is 11.8 Å². The van der Waals surface area contributed by atoms with Gasteiger partial charge in [0, 0.05) is 45.3 Å². The van der Waals surface area contributed by atoms with Crippen LogP contribution in [0.15, 0.2) is 40.0 Å². The number of carbonyl (C=O) groups excluding carboxylic acids is 1. The van der Waals surface area contributed by atoms with Crippen LogP contribution in [0.2, 0.25) is 0 Å². The summed E-state index contributed by atoms with van der Waals surface area (Å²) in [5.74, 6) is -0.508. The zero-order chi connectivity index (χ0) is 27.1. The van der Waals surface area contributed by atoms with Crippen LogP contribution in [-0.4, -0.2) is 52.4 Å². The molecule has 37 heavy (non-hydrogen) atoms. The SMILES string of the molecule is CSc1cc(C)[nH]c(=O)c1CNC(=O)c1c(C)n([C@H](C)[C@H]2CCN(C)[C@H](C(F)(F)F)C2)c2ccccc12. The van der Waals surface area contributed by atoms with Crippen LogP contribution in [0.3, 0.4) is 0 Å². The molecule has 0 saturated carbocycles. The largest absolute Gasteiger partial charge is 0.404 e. The Morgan fingerprint density at radius 1 is 1.27 bits per heavy atom. The third-order valence-electron chi connectivity index (χ3n) is 7.64. The number of alkyl halides is 3. The fourth-order valence-electron chi connectivity index (χ4n) is 5.64. The van der Waals surface area contributed by atoms with Crippen LogP contribution in [-0.2, 0) is 6.54 Å². The van der Waals surface area contributed by atoms with Crippen LogP contribution in [0.4, 0.5) is 13.2 Å². The average molecular weight is 535 g/mol. The van der Waals surface area contributed by atoms with Gasteiger partial charge in [0.05, 0.1) is 5.56 Å². The number of thioether (sulfide) groups is 1. The third-order valence-corrected chi connectivity index (χ3v) is 8.44. The summed E-state index contributed by atoms with van der Waals surface area (Å²) >= 11 is 1.44. The van der Waals surface area contributed by atoms with E-state index in [4.69, 9.17) is 0 Å². The van der Waals surface area contributed by atoms with Gasteiger partial charge in [0.2, 0.25) is 0 Å². The lowest BCUT2D eigenvalue weighted by Gasteiger charge is -2.40. The second-order valence-corrected chi connectivity index (χ2v) is 10.8. The Balaban J connectivity index is 1.66. The second-order valence-electron chi connectivity index (χ2n) is 9.92. The molecule has 1 aliphatic heterocycles. The average Bonchev–Trinajstić information content (AvgIpc) is 3.13. The van der Waals surface area contributed by atoms with Crippen molar-refractivity contribution in [2.45, 2.75) is 63.3 Å². The summed E-state index contributed by atoms with van der Waals surface area (Å²) in [5.41, 5.74) is 3.01. The highest BCUT2D eigenvalue weighted by Crippen LogP contribution is 2.40. The molecule has 200 valence electrons. The minimum atomic E-state index is -4.28. The predicted molar refractivity (Wildman–Crippen MR) is 141 cm³/mol. The van der Waals surface area contributed by atoms with Crippen LogP contribution in [0.25, 0.3) is 10.9 Å². The Bertz CT molecular complexity index is 1360. The molecule has 1 aromatic carbocycles. The molecule has 2 N–H and O–H groups in total. The number of aryl methyl sites for hydroxylation is 1. The van der Waals surface area contributed by atoms with Gasteiger partial charge in [-0.25, -0.2) is 0 Å². The number of piperidine rings is 1. The van der Waals surface area contributed by atoms with E-state index in [0.29, 0.717) is 29.8 Å². The first-order chi connectivity index (χ1) is 17.4. The van der Waals surface area contributed by atoms with Gasteiger partial charge in [0.25, 0.3) is 11.5 Å². The summed E-state index contributed by atoms with van der Waals surface area (Å²) in [5, 5.41) is 3.65. The quantitative estimate of drug-likeness (QED) is 0.414. The number of H-pyrrole nitrogens is 1. The topological polar surface area (TPSA) is 70.1 Å². The van der Waals surface area contributed by atoms with E-state index in [1.807, 2.05) is 61.9 Å². The predicted octanol–water partition coefficient (Wildman–Crippen LogP) is 5.43. The van der Waals surface area contributed by atoms with E-state index in [-0.39, 0.29) is 36.4 Å². The van der Waals surface area contributed by atoms with Crippen molar-refractivity contribution in [1.29, 1.82) is 0 Å². The highest BCUT2D eigenvalue weighted by molar-refractivity contribution is 7.98. The zero-order valence-corrected chi connectivity index (χ0v) is 22.5. The van der Waals surface area contributed by atoms with Gasteiger partial charge in [-0.15, -0.1) is 11.8 Å². The van der Waals surface area contributed by atoms with Gasteiger partial charge in [0.15, 0.2) is 0 Å². The zero-order valence-electron chi connectivity index (χ0n) is 21.7. The molecular formula is C27H33F3N4O2S. The van der Waals surface area contributed by atoms with Crippen LogP contribution < -0.4 is 10.9 Å². The normalized spacial score (nSPS) is 19.8. The van der Waals surface area contributed by atoms with E-state index in [1.54, 1.807) is 0 Å². The first kappa shape index (κ1) is 27.3. The Morgan fingerprint density at radius 2 is 1.97 bits per heavy atom. The van der Waals surface area contributed by atoms with E-state index in [9.17, 15) is 22.8 Å². The van der Waals surface area contributed by atoms with Crippen LogP contribution in [0.1, 0.15) is 53.1 Å². The number of aromatic amines is 1. The number of pyridine rings is 1. The smallest absolute Gasteiger partial charge is 0.348 e. The number of hydrogen-bond donors (Lipinski definition) is 2. The second kappa shape index (κ2) is 10.6. The van der Waals surface area contributed by atoms with Crippen molar-refractivity contribution in [1.82, 2.24) is 19.8 Å². The summed E-state index contributed by atoms with van der Waals surface area (Å²) in [6, 6.07) is 7.66. The number of rotatable bonds is 6. The standard InChI is InChI=1S/C27H33F3N4O2S/c1-15-12-22(37-5)20(25(35)32-15)14-31-26(36)24-17(3)34(21-9-7-6-8-19(21)24)16(2)18-10-11-33(4)23(13-18)27(28,29)30/h6-9,12,16,18,23H,10-11,13-14H2,1-5H3,(H,31,36)(H,32,35)/t16-,18+,23+/m1/s1. The lowest BCUT2D eigenvalue weighted by Crippen LogP contribution is -2.49. The van der Waals surface area contributed by atoms with E-state index >= 15 is 0 Å². The summed E-state index contributed by atoms with van der Waals surface area (Å²) in [7, 11) is 1.53. The summed E-state index contributed by atoms with van der Waals surface area (Å²) < 4.78 is 43.0. The summed E-state index contributed by atoms with van der Waals surface area (Å²) in [6.45, 7) is 6.04. The molecule has 6 nitrogen and oxygen atoms in total. The van der Waals surface area contributed by atoms with Gasteiger partial charge in [-0.2, -0.15) is 13.2 Å². The lowest BCUT2D eigenvalue weighted by atomic mass is 9.85. The molecule has 1 fully saturated rings. The fourth-order valence-corrected chi connectivity index (χ4v) is 6.34. The molecule has 10 heteroatoms. The molecule has 1 saturated heterocycles. The molecule has 1 amide bonds. The minimum Gasteiger partial charge on any atom is -0.348 e. The first-order valence-corrected chi connectivity index (χ1v) is 13.6. The first-order valence-electron chi connectivity index (χ1n) is 12.4.